The lowest BCUT2D eigenvalue weighted by atomic mass is 10.1. The molecule has 0 atom stereocenters. The van der Waals surface area contributed by atoms with Gasteiger partial charge < -0.3 is 14.7 Å². The fraction of sp³-hybridized carbons (Fsp3) is 0.467. The number of carbonyl (C=O) groups excluding carboxylic acids is 1. The molecular formula is C15H21NO4. The van der Waals surface area contributed by atoms with Crippen molar-refractivity contribution in [2.75, 3.05) is 26.8 Å². The predicted molar refractivity (Wildman–Crippen MR) is 75.9 cm³/mol. The van der Waals surface area contributed by atoms with Crippen LogP contribution in [0.5, 0.6) is 0 Å². The van der Waals surface area contributed by atoms with Crippen LogP contribution < -0.4 is 0 Å². The van der Waals surface area contributed by atoms with E-state index in [2.05, 4.69) is 0 Å². The van der Waals surface area contributed by atoms with Crippen LogP contribution in [0.15, 0.2) is 18.2 Å². The van der Waals surface area contributed by atoms with E-state index in [1.807, 2.05) is 26.0 Å². The van der Waals surface area contributed by atoms with E-state index in [1.54, 1.807) is 13.2 Å². The number of rotatable bonds is 7. The van der Waals surface area contributed by atoms with Crippen LogP contribution in [0.2, 0.25) is 0 Å². The van der Waals surface area contributed by atoms with Crippen LogP contribution >= 0.6 is 0 Å². The largest absolute Gasteiger partial charge is 0.481 e. The number of aryl methyl sites for hydroxylation is 2. The third kappa shape index (κ3) is 4.66. The third-order valence-corrected chi connectivity index (χ3v) is 3.20. The minimum absolute atomic E-state index is 0.0691. The summed E-state index contributed by atoms with van der Waals surface area (Å²) in [5.41, 5.74) is 2.74. The third-order valence-electron chi connectivity index (χ3n) is 3.20. The number of carboxylic acids is 1. The molecule has 1 amide bonds. The highest BCUT2D eigenvalue weighted by Crippen LogP contribution is 2.12. The Morgan fingerprint density at radius 3 is 2.45 bits per heavy atom. The molecule has 1 aromatic rings. The van der Waals surface area contributed by atoms with Crippen LogP contribution in [0.3, 0.4) is 0 Å². The molecular weight excluding hydrogens is 258 g/mol. The molecule has 0 aromatic heterocycles. The molecule has 0 unspecified atom stereocenters. The smallest absolute Gasteiger partial charge is 0.305 e. The van der Waals surface area contributed by atoms with Gasteiger partial charge in [-0.2, -0.15) is 0 Å². The van der Waals surface area contributed by atoms with Gasteiger partial charge in [-0.15, -0.1) is 0 Å². The molecule has 0 aliphatic carbocycles. The summed E-state index contributed by atoms with van der Waals surface area (Å²) in [6.45, 7) is 4.88. The van der Waals surface area contributed by atoms with Crippen molar-refractivity contribution >= 4 is 11.9 Å². The van der Waals surface area contributed by atoms with Gasteiger partial charge in [0.05, 0.1) is 13.0 Å². The maximum absolute atomic E-state index is 12.4. The Morgan fingerprint density at radius 2 is 1.90 bits per heavy atom. The molecule has 0 saturated heterocycles. The van der Waals surface area contributed by atoms with Crippen molar-refractivity contribution < 1.29 is 19.4 Å². The number of hydrogen-bond acceptors (Lipinski definition) is 3. The van der Waals surface area contributed by atoms with Gasteiger partial charge >= 0.3 is 5.97 Å². The Kier molecular flexibility index (Phi) is 6.18. The molecule has 0 saturated carbocycles. The average Bonchev–Trinajstić information content (AvgIpc) is 2.41. The van der Waals surface area contributed by atoms with Crippen molar-refractivity contribution in [3.8, 4) is 0 Å². The van der Waals surface area contributed by atoms with E-state index in [-0.39, 0.29) is 18.9 Å². The summed E-state index contributed by atoms with van der Waals surface area (Å²) in [6, 6.07) is 5.50. The van der Waals surface area contributed by atoms with Gasteiger partial charge in [0.2, 0.25) is 0 Å². The zero-order valence-electron chi connectivity index (χ0n) is 12.2. The normalized spacial score (nSPS) is 10.3. The average molecular weight is 279 g/mol. The number of hydrogen-bond donors (Lipinski definition) is 1. The highest BCUT2D eigenvalue weighted by atomic mass is 16.5. The SMILES string of the molecule is COCCN(CCC(=O)O)C(=O)c1ccc(C)c(C)c1. The van der Waals surface area contributed by atoms with Crippen molar-refractivity contribution in [1.29, 1.82) is 0 Å². The van der Waals surface area contributed by atoms with E-state index in [4.69, 9.17) is 9.84 Å². The predicted octanol–water partition coefficient (Wildman–Crippen LogP) is 1.87. The molecule has 1 rings (SSSR count). The first-order valence-electron chi connectivity index (χ1n) is 6.53. The van der Waals surface area contributed by atoms with Crippen LogP contribution in [0.1, 0.15) is 27.9 Å². The zero-order chi connectivity index (χ0) is 15.1. The van der Waals surface area contributed by atoms with Crippen LogP contribution in [0, 0.1) is 13.8 Å². The monoisotopic (exact) mass is 279 g/mol. The van der Waals surface area contributed by atoms with E-state index in [0.29, 0.717) is 18.7 Å². The number of carboxylic acid groups (broad SMARTS) is 1. The van der Waals surface area contributed by atoms with Crippen LogP contribution in [0.4, 0.5) is 0 Å². The van der Waals surface area contributed by atoms with Gasteiger partial charge in [0.15, 0.2) is 0 Å². The molecule has 5 heteroatoms. The summed E-state index contributed by atoms with van der Waals surface area (Å²) in [6.07, 6.45) is -0.0691. The van der Waals surface area contributed by atoms with Crippen molar-refractivity contribution in [3.05, 3.63) is 34.9 Å². The molecule has 0 aliphatic rings. The minimum Gasteiger partial charge on any atom is -0.481 e. The molecule has 0 aliphatic heterocycles. The molecule has 0 fully saturated rings. The summed E-state index contributed by atoms with van der Waals surface area (Å²) in [4.78, 5) is 24.6. The Hall–Kier alpha value is -1.88. The number of nitrogens with zero attached hydrogens (tertiary/aromatic N) is 1. The first-order chi connectivity index (χ1) is 9.45. The fourth-order valence-electron chi connectivity index (χ4n) is 1.80. The van der Waals surface area contributed by atoms with Gasteiger partial charge in [0.25, 0.3) is 5.91 Å². The molecule has 1 N–H and O–H groups in total. The second-order valence-electron chi connectivity index (χ2n) is 4.73. The van der Waals surface area contributed by atoms with Gasteiger partial charge in [-0.05, 0) is 37.1 Å². The van der Waals surface area contributed by atoms with Gasteiger partial charge in [-0.25, -0.2) is 0 Å². The zero-order valence-corrected chi connectivity index (χ0v) is 12.2. The Labute approximate surface area is 119 Å². The Morgan fingerprint density at radius 1 is 1.20 bits per heavy atom. The maximum atomic E-state index is 12.4. The van der Waals surface area contributed by atoms with Gasteiger partial charge in [0, 0.05) is 25.8 Å². The molecule has 0 heterocycles. The Bertz CT molecular complexity index is 485. The standard InChI is InChI=1S/C15H21NO4/c1-11-4-5-13(10-12(11)2)15(19)16(8-9-20-3)7-6-14(17)18/h4-5,10H,6-9H2,1-3H3,(H,17,18). The topological polar surface area (TPSA) is 66.8 Å². The number of aliphatic carboxylic acids is 1. The fourth-order valence-corrected chi connectivity index (χ4v) is 1.80. The summed E-state index contributed by atoms with van der Waals surface area (Å²) in [5.74, 6) is -1.08. The maximum Gasteiger partial charge on any atom is 0.305 e. The van der Waals surface area contributed by atoms with Crippen molar-refractivity contribution in [1.82, 2.24) is 4.90 Å². The van der Waals surface area contributed by atoms with Crippen LogP contribution in [-0.4, -0.2) is 48.7 Å². The summed E-state index contributed by atoms with van der Waals surface area (Å²) < 4.78 is 4.97. The molecule has 0 spiro atoms. The number of amides is 1. The van der Waals surface area contributed by atoms with Crippen LogP contribution in [0.25, 0.3) is 0 Å². The lowest BCUT2D eigenvalue weighted by Crippen LogP contribution is -2.35. The van der Waals surface area contributed by atoms with E-state index in [1.165, 1.54) is 4.90 Å². The van der Waals surface area contributed by atoms with E-state index in [9.17, 15) is 9.59 Å². The van der Waals surface area contributed by atoms with E-state index < -0.39 is 5.97 Å². The minimum atomic E-state index is -0.916. The second-order valence-corrected chi connectivity index (χ2v) is 4.73. The van der Waals surface area contributed by atoms with E-state index >= 15 is 0 Å². The molecule has 110 valence electrons. The molecule has 5 nitrogen and oxygen atoms in total. The molecule has 20 heavy (non-hydrogen) atoms. The number of benzene rings is 1. The Balaban J connectivity index is 2.84. The van der Waals surface area contributed by atoms with Crippen molar-refractivity contribution in [2.45, 2.75) is 20.3 Å². The van der Waals surface area contributed by atoms with Crippen molar-refractivity contribution in [2.24, 2.45) is 0 Å². The highest BCUT2D eigenvalue weighted by Gasteiger charge is 2.17. The molecule has 0 bridgehead atoms. The van der Waals surface area contributed by atoms with Gasteiger partial charge in [0.1, 0.15) is 0 Å². The number of carbonyl (C=O) groups is 2. The number of ether oxygens (including phenoxy) is 1. The van der Waals surface area contributed by atoms with Crippen molar-refractivity contribution in [3.63, 3.8) is 0 Å². The molecule has 1 aromatic carbocycles. The summed E-state index contributed by atoms with van der Waals surface area (Å²) >= 11 is 0. The first-order valence-corrected chi connectivity index (χ1v) is 6.53. The summed E-state index contributed by atoms with van der Waals surface area (Å²) in [7, 11) is 1.55. The second kappa shape index (κ2) is 7.65. The van der Waals surface area contributed by atoms with Gasteiger partial charge in [-0.1, -0.05) is 6.07 Å². The van der Waals surface area contributed by atoms with E-state index in [0.717, 1.165) is 11.1 Å². The lowest BCUT2D eigenvalue weighted by Gasteiger charge is -2.22. The van der Waals surface area contributed by atoms with Gasteiger partial charge in [-0.3, -0.25) is 9.59 Å². The molecule has 0 radical (unpaired) electrons. The lowest BCUT2D eigenvalue weighted by molar-refractivity contribution is -0.137. The quantitative estimate of drug-likeness (QED) is 0.827. The number of methoxy groups -OCH3 is 1. The highest BCUT2D eigenvalue weighted by molar-refractivity contribution is 5.94. The van der Waals surface area contributed by atoms with Crippen LogP contribution in [-0.2, 0) is 9.53 Å². The summed E-state index contributed by atoms with van der Waals surface area (Å²) in [5, 5.41) is 8.75. The first kappa shape index (κ1) is 16.2.